The first-order valence-electron chi connectivity index (χ1n) is 7.40. The number of rotatable bonds is 8. The second-order valence-electron chi connectivity index (χ2n) is 5.52. The highest BCUT2D eigenvalue weighted by Crippen LogP contribution is 2.12. The summed E-state index contributed by atoms with van der Waals surface area (Å²) in [6, 6.07) is 0.294. The first kappa shape index (κ1) is 16.6. The van der Waals surface area contributed by atoms with Crippen LogP contribution in [-0.4, -0.2) is 38.4 Å². The monoisotopic (exact) mass is 281 g/mol. The molecule has 1 heterocycles. The highest BCUT2D eigenvalue weighted by atomic mass is 16.2. The van der Waals surface area contributed by atoms with Crippen molar-refractivity contribution in [2.45, 2.75) is 59.7 Å². The Morgan fingerprint density at radius 3 is 2.50 bits per heavy atom. The van der Waals surface area contributed by atoms with Crippen LogP contribution in [0.25, 0.3) is 0 Å². The van der Waals surface area contributed by atoms with E-state index in [4.69, 9.17) is 5.73 Å². The summed E-state index contributed by atoms with van der Waals surface area (Å²) in [7, 11) is 0. The quantitative estimate of drug-likeness (QED) is 0.781. The fraction of sp³-hybridized carbons (Fsp3) is 0.786. The minimum atomic E-state index is 0.0980. The van der Waals surface area contributed by atoms with Gasteiger partial charge in [0.25, 0.3) is 0 Å². The molecule has 114 valence electrons. The summed E-state index contributed by atoms with van der Waals surface area (Å²) in [6.07, 6.45) is 3.68. The number of carbonyl (C=O) groups is 1. The Bertz CT molecular complexity index is 411. The van der Waals surface area contributed by atoms with E-state index in [0.717, 1.165) is 19.4 Å². The Kier molecular flexibility index (Phi) is 6.64. The summed E-state index contributed by atoms with van der Waals surface area (Å²) >= 11 is 0. The molecule has 1 aromatic heterocycles. The smallest absolute Gasteiger partial charge is 0.244 e. The highest BCUT2D eigenvalue weighted by Gasteiger charge is 2.22. The van der Waals surface area contributed by atoms with Gasteiger partial charge in [0.15, 0.2) is 0 Å². The number of hydrogen-bond acceptors (Lipinski definition) is 4. The van der Waals surface area contributed by atoms with Crippen LogP contribution in [0, 0.1) is 5.92 Å². The van der Waals surface area contributed by atoms with E-state index in [1.54, 1.807) is 10.9 Å². The zero-order chi connectivity index (χ0) is 15.1. The van der Waals surface area contributed by atoms with Gasteiger partial charge in [-0.15, -0.1) is 5.10 Å². The molecule has 2 N–H and O–H groups in total. The average Bonchev–Trinajstić information content (AvgIpc) is 2.86. The van der Waals surface area contributed by atoms with Gasteiger partial charge in [-0.25, -0.2) is 4.68 Å². The van der Waals surface area contributed by atoms with Crippen LogP contribution < -0.4 is 5.73 Å². The fourth-order valence-electron chi connectivity index (χ4n) is 2.32. The van der Waals surface area contributed by atoms with Crippen LogP contribution >= 0.6 is 0 Å². The van der Waals surface area contributed by atoms with Crippen LogP contribution in [-0.2, 0) is 17.9 Å². The maximum Gasteiger partial charge on any atom is 0.244 e. The molecular formula is C14H27N5O. The van der Waals surface area contributed by atoms with Crippen molar-refractivity contribution in [1.82, 2.24) is 19.9 Å². The second-order valence-corrected chi connectivity index (χ2v) is 5.52. The molecule has 0 bridgehead atoms. The van der Waals surface area contributed by atoms with Gasteiger partial charge in [0.05, 0.1) is 11.9 Å². The molecule has 0 atom stereocenters. The summed E-state index contributed by atoms with van der Waals surface area (Å²) < 4.78 is 1.57. The zero-order valence-electron chi connectivity index (χ0n) is 13.0. The molecule has 0 aliphatic rings. The Hall–Kier alpha value is -1.43. The van der Waals surface area contributed by atoms with E-state index in [-0.39, 0.29) is 12.5 Å². The Balaban J connectivity index is 2.76. The Morgan fingerprint density at radius 1 is 1.40 bits per heavy atom. The van der Waals surface area contributed by atoms with Crippen LogP contribution in [0.1, 0.15) is 46.2 Å². The van der Waals surface area contributed by atoms with Gasteiger partial charge in [-0.2, -0.15) is 0 Å². The molecular weight excluding hydrogens is 254 g/mol. The number of aromatic nitrogens is 3. The second kappa shape index (κ2) is 7.99. The molecule has 1 aromatic rings. The number of hydrogen-bond donors (Lipinski definition) is 1. The lowest BCUT2D eigenvalue weighted by Crippen LogP contribution is -2.43. The van der Waals surface area contributed by atoms with Gasteiger partial charge in [0.2, 0.25) is 5.91 Å². The molecule has 0 saturated carbocycles. The van der Waals surface area contributed by atoms with E-state index in [1.165, 1.54) is 0 Å². The highest BCUT2D eigenvalue weighted by molar-refractivity contribution is 5.76. The third-order valence-electron chi connectivity index (χ3n) is 3.36. The van der Waals surface area contributed by atoms with E-state index >= 15 is 0 Å². The molecule has 0 aliphatic heterocycles. The van der Waals surface area contributed by atoms with E-state index < -0.39 is 0 Å². The van der Waals surface area contributed by atoms with E-state index in [0.29, 0.717) is 24.2 Å². The average molecular weight is 281 g/mol. The third kappa shape index (κ3) is 4.59. The van der Waals surface area contributed by atoms with Crippen molar-refractivity contribution in [3.63, 3.8) is 0 Å². The van der Waals surface area contributed by atoms with Crippen molar-refractivity contribution in [2.24, 2.45) is 11.7 Å². The summed E-state index contributed by atoms with van der Waals surface area (Å²) in [5.74, 6) is 0.552. The van der Waals surface area contributed by atoms with Crippen LogP contribution in [0.5, 0.6) is 0 Å². The molecule has 6 nitrogen and oxygen atoms in total. The lowest BCUT2D eigenvalue weighted by Gasteiger charge is -2.32. The Morgan fingerprint density at radius 2 is 2.05 bits per heavy atom. The van der Waals surface area contributed by atoms with Crippen LogP contribution in [0.15, 0.2) is 6.20 Å². The minimum Gasteiger partial charge on any atom is -0.338 e. The lowest BCUT2D eigenvalue weighted by atomic mass is 10.1. The zero-order valence-corrected chi connectivity index (χ0v) is 13.0. The van der Waals surface area contributed by atoms with Crippen LogP contribution in [0.4, 0.5) is 0 Å². The molecule has 1 rings (SSSR count). The van der Waals surface area contributed by atoms with Crippen molar-refractivity contribution < 1.29 is 4.79 Å². The predicted molar refractivity (Wildman–Crippen MR) is 78.8 cm³/mol. The van der Waals surface area contributed by atoms with Crippen molar-refractivity contribution in [3.8, 4) is 0 Å². The predicted octanol–water partition coefficient (Wildman–Crippen LogP) is 1.41. The van der Waals surface area contributed by atoms with Gasteiger partial charge in [-0.1, -0.05) is 32.9 Å². The van der Waals surface area contributed by atoms with Crippen molar-refractivity contribution >= 4 is 5.91 Å². The van der Waals surface area contributed by atoms with E-state index in [1.807, 2.05) is 4.90 Å². The van der Waals surface area contributed by atoms with Gasteiger partial charge in [0, 0.05) is 19.1 Å². The topological polar surface area (TPSA) is 77.0 Å². The summed E-state index contributed by atoms with van der Waals surface area (Å²) in [5.41, 5.74) is 6.20. The molecule has 0 radical (unpaired) electrons. The van der Waals surface area contributed by atoms with Crippen LogP contribution in [0.2, 0.25) is 0 Å². The first-order chi connectivity index (χ1) is 9.51. The maximum atomic E-state index is 12.5. The molecule has 0 saturated heterocycles. The molecule has 0 aliphatic carbocycles. The van der Waals surface area contributed by atoms with Crippen molar-refractivity contribution in [1.29, 1.82) is 0 Å². The molecule has 20 heavy (non-hydrogen) atoms. The molecule has 0 unspecified atom stereocenters. The van der Waals surface area contributed by atoms with Gasteiger partial charge in [0.1, 0.15) is 6.54 Å². The summed E-state index contributed by atoms with van der Waals surface area (Å²) in [5, 5.41) is 7.85. The number of amides is 1. The molecule has 0 fully saturated rings. The SMILES string of the molecule is CCC(CC)N(CC(C)C)C(=O)Cn1cc(CN)nn1. The summed E-state index contributed by atoms with van der Waals surface area (Å²) in [4.78, 5) is 14.5. The van der Waals surface area contributed by atoms with Crippen molar-refractivity contribution in [3.05, 3.63) is 11.9 Å². The Labute approximate surface area is 121 Å². The molecule has 0 aromatic carbocycles. The first-order valence-corrected chi connectivity index (χ1v) is 7.40. The van der Waals surface area contributed by atoms with Crippen molar-refractivity contribution in [2.75, 3.05) is 6.54 Å². The van der Waals surface area contributed by atoms with Gasteiger partial charge in [-0.3, -0.25) is 4.79 Å². The number of nitrogens with zero attached hydrogens (tertiary/aromatic N) is 4. The fourth-order valence-corrected chi connectivity index (χ4v) is 2.32. The van der Waals surface area contributed by atoms with E-state index in [9.17, 15) is 4.79 Å². The number of nitrogens with two attached hydrogens (primary N) is 1. The normalized spacial score (nSPS) is 11.3. The van der Waals surface area contributed by atoms with Gasteiger partial charge >= 0.3 is 0 Å². The minimum absolute atomic E-state index is 0.0980. The molecule has 1 amide bonds. The van der Waals surface area contributed by atoms with Gasteiger partial charge < -0.3 is 10.6 Å². The molecule has 6 heteroatoms. The third-order valence-corrected chi connectivity index (χ3v) is 3.36. The largest absolute Gasteiger partial charge is 0.338 e. The number of carbonyl (C=O) groups excluding carboxylic acids is 1. The van der Waals surface area contributed by atoms with E-state index in [2.05, 4.69) is 38.0 Å². The maximum absolute atomic E-state index is 12.5. The standard InChI is InChI=1S/C14H27N5O/c1-5-13(6-2)19(8-11(3)4)14(20)10-18-9-12(7-15)16-17-18/h9,11,13H,5-8,10,15H2,1-4H3. The molecule has 0 spiro atoms. The van der Waals surface area contributed by atoms with Gasteiger partial charge in [-0.05, 0) is 18.8 Å². The van der Waals surface area contributed by atoms with Crippen LogP contribution in [0.3, 0.4) is 0 Å². The summed E-state index contributed by atoms with van der Waals surface area (Å²) in [6.45, 7) is 9.86. The lowest BCUT2D eigenvalue weighted by molar-refractivity contribution is -0.135.